The molecule has 0 aliphatic heterocycles. The van der Waals surface area contributed by atoms with E-state index in [4.69, 9.17) is 5.26 Å². The van der Waals surface area contributed by atoms with E-state index in [1.54, 1.807) is 23.0 Å². The van der Waals surface area contributed by atoms with Gasteiger partial charge in [0, 0.05) is 18.4 Å². The van der Waals surface area contributed by atoms with Gasteiger partial charge in [0.25, 0.3) is 0 Å². The molecule has 0 radical (unpaired) electrons. The minimum absolute atomic E-state index is 0.0475. The monoisotopic (exact) mass is 271 g/mol. The van der Waals surface area contributed by atoms with Crippen molar-refractivity contribution >= 4 is 11.4 Å². The van der Waals surface area contributed by atoms with E-state index < -0.39 is 4.92 Å². The standard InChI is InChI=1S/C13H13N5O2/c1-10(9-17-7-3-6-15-17)16-12-5-2-4-11(8-14)13(12)18(19)20/h2-7,10,16H,9H2,1H3. The third kappa shape index (κ3) is 2.92. The Morgan fingerprint density at radius 1 is 1.55 bits per heavy atom. The summed E-state index contributed by atoms with van der Waals surface area (Å²) in [5.74, 6) is 0. The highest BCUT2D eigenvalue weighted by Crippen LogP contribution is 2.28. The number of nitrogens with one attached hydrogen (secondary N) is 1. The number of hydrogen-bond donors (Lipinski definition) is 1. The Morgan fingerprint density at radius 3 is 2.95 bits per heavy atom. The van der Waals surface area contributed by atoms with Crippen LogP contribution in [0.15, 0.2) is 36.7 Å². The number of benzene rings is 1. The Morgan fingerprint density at radius 2 is 2.35 bits per heavy atom. The lowest BCUT2D eigenvalue weighted by atomic mass is 10.1. The van der Waals surface area contributed by atoms with E-state index in [9.17, 15) is 10.1 Å². The highest BCUT2D eigenvalue weighted by Gasteiger charge is 2.20. The van der Waals surface area contributed by atoms with Crippen molar-refractivity contribution in [3.05, 3.63) is 52.3 Å². The van der Waals surface area contributed by atoms with Gasteiger partial charge < -0.3 is 5.32 Å². The maximum atomic E-state index is 11.1. The van der Waals surface area contributed by atoms with Crippen molar-refractivity contribution in [3.8, 4) is 6.07 Å². The van der Waals surface area contributed by atoms with Crippen molar-refractivity contribution in [1.29, 1.82) is 5.26 Å². The van der Waals surface area contributed by atoms with Crippen molar-refractivity contribution in [2.45, 2.75) is 19.5 Å². The van der Waals surface area contributed by atoms with Crippen molar-refractivity contribution in [3.63, 3.8) is 0 Å². The molecule has 102 valence electrons. The van der Waals surface area contributed by atoms with Gasteiger partial charge in [-0.2, -0.15) is 10.4 Å². The molecule has 1 atom stereocenters. The minimum atomic E-state index is -0.540. The van der Waals surface area contributed by atoms with Crippen molar-refractivity contribution in [1.82, 2.24) is 9.78 Å². The molecule has 20 heavy (non-hydrogen) atoms. The maximum Gasteiger partial charge on any atom is 0.309 e. The first-order valence-electron chi connectivity index (χ1n) is 6.03. The van der Waals surface area contributed by atoms with Crippen LogP contribution in [-0.4, -0.2) is 20.7 Å². The van der Waals surface area contributed by atoms with Crippen LogP contribution in [0.1, 0.15) is 12.5 Å². The molecule has 0 bridgehead atoms. The Bertz CT molecular complexity index is 645. The number of rotatable bonds is 5. The summed E-state index contributed by atoms with van der Waals surface area (Å²) >= 11 is 0. The molecule has 2 rings (SSSR count). The second kappa shape index (κ2) is 5.84. The number of nitrogens with zero attached hydrogens (tertiary/aromatic N) is 4. The van der Waals surface area contributed by atoms with E-state index in [0.29, 0.717) is 12.2 Å². The molecular weight excluding hydrogens is 258 g/mol. The van der Waals surface area contributed by atoms with Gasteiger partial charge in [-0.15, -0.1) is 0 Å². The summed E-state index contributed by atoms with van der Waals surface area (Å²) in [6.45, 7) is 2.46. The van der Waals surface area contributed by atoms with Crippen LogP contribution in [0.25, 0.3) is 0 Å². The number of nitriles is 1. The lowest BCUT2D eigenvalue weighted by molar-refractivity contribution is -0.384. The Kier molecular flexibility index (Phi) is 3.96. The normalized spacial score (nSPS) is 11.6. The first-order valence-corrected chi connectivity index (χ1v) is 6.03. The summed E-state index contributed by atoms with van der Waals surface area (Å²) in [4.78, 5) is 10.6. The van der Waals surface area contributed by atoms with Gasteiger partial charge >= 0.3 is 5.69 Å². The number of hydrogen-bond acceptors (Lipinski definition) is 5. The highest BCUT2D eigenvalue weighted by molar-refractivity contribution is 5.68. The van der Waals surface area contributed by atoms with Gasteiger partial charge in [0.05, 0.1) is 11.5 Å². The molecule has 7 heteroatoms. The zero-order chi connectivity index (χ0) is 14.5. The fraction of sp³-hybridized carbons (Fsp3) is 0.231. The first kappa shape index (κ1) is 13.5. The average Bonchev–Trinajstić information content (AvgIpc) is 2.90. The van der Waals surface area contributed by atoms with E-state index in [2.05, 4.69) is 10.4 Å². The summed E-state index contributed by atoms with van der Waals surface area (Å²) in [6.07, 6.45) is 3.49. The van der Waals surface area contributed by atoms with Gasteiger partial charge in [0.2, 0.25) is 0 Å². The number of nitro benzene ring substituents is 1. The van der Waals surface area contributed by atoms with Crippen LogP contribution in [0.4, 0.5) is 11.4 Å². The molecule has 0 saturated carbocycles. The summed E-state index contributed by atoms with van der Waals surface area (Å²) in [5, 5.41) is 27.2. The molecule has 0 aliphatic carbocycles. The van der Waals surface area contributed by atoms with E-state index in [-0.39, 0.29) is 17.3 Å². The fourth-order valence-corrected chi connectivity index (χ4v) is 1.95. The minimum Gasteiger partial charge on any atom is -0.375 e. The number of anilines is 1. The van der Waals surface area contributed by atoms with Crippen LogP contribution >= 0.6 is 0 Å². The summed E-state index contributed by atoms with van der Waals surface area (Å²) in [5.41, 5.74) is 0.197. The molecule has 2 aromatic rings. The number of aromatic nitrogens is 2. The second-order valence-electron chi connectivity index (χ2n) is 4.34. The molecule has 7 nitrogen and oxygen atoms in total. The SMILES string of the molecule is CC(Cn1cccn1)Nc1cccc(C#N)c1[N+](=O)[O-]. The maximum absolute atomic E-state index is 11.1. The van der Waals surface area contributed by atoms with Gasteiger partial charge in [0.1, 0.15) is 17.3 Å². The lowest BCUT2D eigenvalue weighted by Gasteiger charge is -2.15. The molecule has 1 aromatic carbocycles. The van der Waals surface area contributed by atoms with Crippen molar-refractivity contribution in [2.75, 3.05) is 5.32 Å². The van der Waals surface area contributed by atoms with Crippen LogP contribution in [-0.2, 0) is 6.54 Å². The summed E-state index contributed by atoms with van der Waals surface area (Å²) in [7, 11) is 0. The van der Waals surface area contributed by atoms with Crippen LogP contribution in [0.2, 0.25) is 0 Å². The predicted octanol–water partition coefficient (Wildman–Crippen LogP) is 2.16. The fourth-order valence-electron chi connectivity index (χ4n) is 1.95. The molecule has 0 fully saturated rings. The second-order valence-corrected chi connectivity index (χ2v) is 4.34. The average molecular weight is 271 g/mol. The van der Waals surface area contributed by atoms with Crippen molar-refractivity contribution < 1.29 is 4.92 Å². The van der Waals surface area contributed by atoms with E-state index in [0.717, 1.165) is 0 Å². The zero-order valence-corrected chi connectivity index (χ0v) is 10.9. The molecule has 0 spiro atoms. The number of para-hydroxylation sites is 1. The Hall–Kier alpha value is -2.88. The topological polar surface area (TPSA) is 96.8 Å². The van der Waals surface area contributed by atoms with Gasteiger partial charge in [0.15, 0.2) is 0 Å². The van der Waals surface area contributed by atoms with Gasteiger partial charge in [-0.25, -0.2) is 0 Å². The summed E-state index contributed by atoms with van der Waals surface area (Å²) < 4.78 is 1.73. The van der Waals surface area contributed by atoms with Gasteiger partial charge in [-0.3, -0.25) is 14.8 Å². The zero-order valence-electron chi connectivity index (χ0n) is 10.9. The molecule has 0 saturated heterocycles. The van der Waals surface area contributed by atoms with E-state index >= 15 is 0 Å². The highest BCUT2D eigenvalue weighted by atomic mass is 16.6. The quantitative estimate of drug-likeness (QED) is 0.664. The van der Waals surface area contributed by atoms with Crippen LogP contribution in [0.5, 0.6) is 0 Å². The Labute approximate surface area is 115 Å². The number of nitro groups is 1. The largest absolute Gasteiger partial charge is 0.375 e. The smallest absolute Gasteiger partial charge is 0.309 e. The van der Waals surface area contributed by atoms with E-state index in [1.165, 1.54) is 6.07 Å². The first-order chi connectivity index (χ1) is 9.61. The van der Waals surface area contributed by atoms with Gasteiger partial charge in [-0.05, 0) is 25.1 Å². The molecule has 1 N–H and O–H groups in total. The molecule has 1 unspecified atom stereocenters. The molecule has 0 amide bonds. The molecular formula is C13H13N5O2. The molecule has 0 aliphatic rings. The third-order valence-electron chi connectivity index (χ3n) is 2.76. The summed E-state index contributed by atoms with van der Waals surface area (Å²) in [6, 6.07) is 8.23. The predicted molar refractivity (Wildman–Crippen MR) is 73.1 cm³/mol. The van der Waals surface area contributed by atoms with Crippen LogP contribution < -0.4 is 5.32 Å². The molecule has 1 aromatic heterocycles. The lowest BCUT2D eigenvalue weighted by Crippen LogP contribution is -2.22. The van der Waals surface area contributed by atoms with Gasteiger partial charge in [-0.1, -0.05) is 6.07 Å². The van der Waals surface area contributed by atoms with Crippen LogP contribution in [0.3, 0.4) is 0 Å². The molecule has 1 heterocycles. The van der Waals surface area contributed by atoms with Crippen molar-refractivity contribution in [2.24, 2.45) is 0 Å². The van der Waals surface area contributed by atoms with E-state index in [1.807, 2.05) is 25.3 Å². The van der Waals surface area contributed by atoms with Crippen LogP contribution in [0, 0.1) is 21.4 Å². The third-order valence-corrected chi connectivity index (χ3v) is 2.76. The Balaban J connectivity index is 2.21.